The molecule has 5 unspecified atom stereocenters. The van der Waals surface area contributed by atoms with Crippen LogP contribution >= 0.6 is 0 Å². The summed E-state index contributed by atoms with van der Waals surface area (Å²) in [4.78, 5) is 23.9. The average molecular weight is 588 g/mol. The van der Waals surface area contributed by atoms with E-state index in [1.165, 1.54) is 52.1 Å². The van der Waals surface area contributed by atoms with Crippen molar-refractivity contribution < 1.29 is 19.4 Å². The summed E-state index contributed by atoms with van der Waals surface area (Å²) in [6, 6.07) is -0.494. The second-order valence-electron chi connectivity index (χ2n) is 17.5. The van der Waals surface area contributed by atoms with Gasteiger partial charge in [-0.1, -0.05) is 62.3 Å². The number of aliphatic hydroxyl groups excluding tert-OH is 1. The topological polar surface area (TPSA) is 75.6 Å². The van der Waals surface area contributed by atoms with E-state index in [-0.39, 0.29) is 23.6 Å². The molecule has 0 aromatic carbocycles. The van der Waals surface area contributed by atoms with Crippen molar-refractivity contribution in [1.29, 1.82) is 0 Å². The van der Waals surface area contributed by atoms with Gasteiger partial charge in [-0.25, -0.2) is 0 Å². The van der Waals surface area contributed by atoms with E-state index in [0.29, 0.717) is 28.1 Å². The Labute approximate surface area is 258 Å². The zero-order valence-corrected chi connectivity index (χ0v) is 28.9. The smallest absolute Gasteiger partial charge is 0.305 e. The van der Waals surface area contributed by atoms with Gasteiger partial charge < -0.3 is 15.2 Å². The molecule has 0 saturated heterocycles. The molecular formula is C37H65NO4. The Hall–Kier alpha value is -0.940. The maximum absolute atomic E-state index is 12.3. The van der Waals surface area contributed by atoms with E-state index in [1.807, 2.05) is 0 Å². The van der Waals surface area contributed by atoms with Crippen molar-refractivity contribution in [2.24, 2.45) is 62.6 Å². The molecule has 10 atom stereocenters. The van der Waals surface area contributed by atoms with Gasteiger partial charge in [-0.2, -0.15) is 0 Å². The summed E-state index contributed by atoms with van der Waals surface area (Å²) in [5.74, 6) is 4.15. The highest BCUT2D eigenvalue weighted by Crippen LogP contribution is 2.77. The molecule has 5 nitrogen and oxygen atoms in total. The predicted octanol–water partition coefficient (Wildman–Crippen LogP) is 7.83. The molecule has 242 valence electrons. The van der Waals surface area contributed by atoms with Crippen molar-refractivity contribution in [1.82, 2.24) is 5.32 Å². The molecule has 4 fully saturated rings. The van der Waals surface area contributed by atoms with Gasteiger partial charge in [0.05, 0.1) is 13.2 Å². The van der Waals surface area contributed by atoms with Crippen LogP contribution in [0.2, 0.25) is 0 Å². The van der Waals surface area contributed by atoms with Gasteiger partial charge in [-0.3, -0.25) is 9.59 Å². The first-order valence-electron chi connectivity index (χ1n) is 17.4. The third-order valence-corrected chi connectivity index (χ3v) is 15.1. The maximum atomic E-state index is 12.3. The van der Waals surface area contributed by atoms with Crippen LogP contribution in [0.4, 0.5) is 0 Å². The largest absolute Gasteiger partial charge is 0.469 e. The molecule has 0 aromatic heterocycles. The molecule has 0 aliphatic heterocycles. The highest BCUT2D eigenvalue weighted by atomic mass is 16.5. The van der Waals surface area contributed by atoms with E-state index in [1.54, 1.807) is 0 Å². The number of rotatable bonds is 11. The van der Waals surface area contributed by atoms with Gasteiger partial charge in [0.15, 0.2) is 5.78 Å². The minimum Gasteiger partial charge on any atom is -0.469 e. The zero-order valence-electron chi connectivity index (χ0n) is 28.9. The zero-order chi connectivity index (χ0) is 31.3. The number of esters is 1. The van der Waals surface area contributed by atoms with E-state index < -0.39 is 12.6 Å². The molecule has 0 radical (unpaired) electrons. The third-order valence-electron chi connectivity index (χ3n) is 15.1. The third kappa shape index (κ3) is 5.54. The molecule has 4 saturated carbocycles. The summed E-state index contributed by atoms with van der Waals surface area (Å²) in [7, 11) is 1.37. The minimum atomic E-state index is -0.499. The molecule has 4 rings (SSSR count). The van der Waals surface area contributed by atoms with Crippen molar-refractivity contribution in [2.45, 2.75) is 139 Å². The van der Waals surface area contributed by atoms with Crippen LogP contribution in [0.5, 0.6) is 0 Å². The summed E-state index contributed by atoms with van der Waals surface area (Å²) in [6.07, 6.45) is 12.4. The Morgan fingerprint density at radius 3 is 2.29 bits per heavy atom. The van der Waals surface area contributed by atoms with Crippen molar-refractivity contribution in [3.63, 3.8) is 0 Å². The standard InChI is InChI=1S/C37H65NO4/c1-24-22-30-35(7)18-14-25(2)34(5,6)29(35)16-20-36(30,8)37(9)19-15-26(32(24)37)33(3,4)17-11-21-38-27(28(40)23-39)12-13-31(41)42-10/h24-27,29-30,32,38-39H,11-23H2,1-10H3/t24?,25-,26?,27?,29?,30?,32+,35-,36+,37+/m0/s1. The number of Topliss-reactive ketones (excluding diaryl/α,β-unsaturated/α-hetero) is 1. The Kier molecular flexibility index (Phi) is 9.78. The average Bonchev–Trinajstić information content (AvgIpc) is 3.32. The van der Waals surface area contributed by atoms with Gasteiger partial charge >= 0.3 is 5.97 Å². The van der Waals surface area contributed by atoms with E-state index in [9.17, 15) is 14.7 Å². The molecule has 2 N–H and O–H groups in total. The van der Waals surface area contributed by atoms with Crippen LogP contribution in [0.15, 0.2) is 0 Å². The number of carbonyl (C=O) groups excluding carboxylic acids is 2. The summed E-state index contributed by atoms with van der Waals surface area (Å²) < 4.78 is 4.75. The number of fused-ring (bicyclic) bond motifs is 5. The monoisotopic (exact) mass is 587 g/mol. The van der Waals surface area contributed by atoms with Crippen LogP contribution in [0.3, 0.4) is 0 Å². The molecule has 4 aliphatic rings. The number of hydrogen-bond donors (Lipinski definition) is 2. The van der Waals surface area contributed by atoms with Gasteiger partial charge in [0, 0.05) is 6.42 Å². The fraction of sp³-hybridized carbons (Fsp3) is 0.946. The molecule has 4 aliphatic carbocycles. The highest BCUT2D eigenvalue weighted by molar-refractivity contribution is 5.85. The van der Waals surface area contributed by atoms with Crippen molar-refractivity contribution >= 4 is 11.8 Å². The lowest BCUT2D eigenvalue weighted by Gasteiger charge is -2.71. The second-order valence-corrected chi connectivity index (χ2v) is 17.5. The number of aliphatic hydroxyl groups is 1. The molecule has 0 aromatic rings. The lowest BCUT2D eigenvalue weighted by atomic mass is 9.34. The molecule has 5 heteroatoms. The van der Waals surface area contributed by atoms with Gasteiger partial charge in [-0.15, -0.1) is 0 Å². The van der Waals surface area contributed by atoms with Crippen LogP contribution in [-0.4, -0.2) is 43.2 Å². The van der Waals surface area contributed by atoms with E-state index in [4.69, 9.17) is 4.74 Å². The van der Waals surface area contributed by atoms with E-state index >= 15 is 0 Å². The Balaban J connectivity index is 1.45. The molecule has 0 spiro atoms. The highest BCUT2D eigenvalue weighted by Gasteiger charge is 2.70. The number of ether oxygens (including phenoxy) is 1. The summed E-state index contributed by atoms with van der Waals surface area (Å²) in [6.45, 7) is 23.7. The first-order valence-corrected chi connectivity index (χ1v) is 17.4. The minimum absolute atomic E-state index is 0.182. The van der Waals surface area contributed by atoms with Crippen LogP contribution in [-0.2, 0) is 14.3 Å². The summed E-state index contributed by atoms with van der Waals surface area (Å²) in [5, 5.41) is 12.8. The fourth-order valence-electron chi connectivity index (χ4n) is 12.1. The number of methoxy groups -OCH3 is 1. The number of carbonyl (C=O) groups is 2. The lowest BCUT2D eigenvalue weighted by Crippen LogP contribution is -2.64. The SMILES string of the molecule is COC(=O)CCC(NCCCC(C)(C)C1CC[C@]2(C)[C@@H]1C(C)CC1[C@@]3(C)CC[C@H](C)C(C)(C)C3CC[C@]12C)C(=O)CO. The molecule has 42 heavy (non-hydrogen) atoms. The molecule has 0 heterocycles. The number of nitrogens with one attached hydrogen (secondary N) is 1. The molecule has 0 amide bonds. The van der Waals surface area contributed by atoms with Crippen LogP contribution in [0, 0.1) is 62.6 Å². The van der Waals surface area contributed by atoms with Gasteiger partial charge in [0.1, 0.15) is 6.61 Å². The second kappa shape index (κ2) is 12.1. The lowest BCUT2D eigenvalue weighted by molar-refractivity contribution is -0.225. The van der Waals surface area contributed by atoms with Gasteiger partial charge in [-0.05, 0) is 133 Å². The normalized spacial score (nSPS) is 41.8. The van der Waals surface area contributed by atoms with Crippen LogP contribution in [0.25, 0.3) is 0 Å². The van der Waals surface area contributed by atoms with Crippen molar-refractivity contribution in [3.05, 3.63) is 0 Å². The van der Waals surface area contributed by atoms with Crippen LogP contribution in [0.1, 0.15) is 133 Å². The molecule has 0 bridgehead atoms. The van der Waals surface area contributed by atoms with Crippen molar-refractivity contribution in [3.8, 4) is 0 Å². The number of ketones is 1. The van der Waals surface area contributed by atoms with E-state index in [2.05, 4.69) is 67.6 Å². The van der Waals surface area contributed by atoms with Crippen molar-refractivity contribution in [2.75, 3.05) is 20.3 Å². The Bertz CT molecular complexity index is 990. The van der Waals surface area contributed by atoms with Gasteiger partial charge in [0.2, 0.25) is 0 Å². The summed E-state index contributed by atoms with van der Waals surface area (Å²) in [5.41, 5.74) is 1.93. The van der Waals surface area contributed by atoms with Crippen LogP contribution < -0.4 is 5.32 Å². The van der Waals surface area contributed by atoms with Gasteiger partial charge in [0.25, 0.3) is 0 Å². The summed E-state index contributed by atoms with van der Waals surface area (Å²) >= 11 is 0. The molecular weight excluding hydrogens is 522 g/mol. The fourth-order valence-corrected chi connectivity index (χ4v) is 12.1. The quantitative estimate of drug-likeness (QED) is 0.190. The maximum Gasteiger partial charge on any atom is 0.305 e. The predicted molar refractivity (Wildman–Crippen MR) is 171 cm³/mol. The Morgan fingerprint density at radius 2 is 1.64 bits per heavy atom. The first-order chi connectivity index (χ1) is 19.5. The number of hydrogen-bond acceptors (Lipinski definition) is 5. The first kappa shape index (κ1) is 33.9. The Morgan fingerprint density at radius 1 is 0.976 bits per heavy atom. The van der Waals surface area contributed by atoms with E-state index in [0.717, 1.165) is 54.9 Å².